The molecular formula is C13H18BrFN2O2. The molecule has 1 aromatic carbocycles. The van der Waals surface area contributed by atoms with Crippen LogP contribution in [0.1, 0.15) is 20.3 Å². The zero-order valence-corrected chi connectivity index (χ0v) is 12.5. The van der Waals surface area contributed by atoms with Crippen molar-refractivity contribution in [3.63, 3.8) is 0 Å². The molecule has 1 aromatic rings. The Morgan fingerprint density at radius 1 is 1.47 bits per heavy atom. The smallest absolute Gasteiger partial charge is 0.319 e. The number of carbonyl (C=O) groups is 1. The molecule has 0 aliphatic carbocycles. The van der Waals surface area contributed by atoms with Gasteiger partial charge < -0.3 is 15.7 Å². The van der Waals surface area contributed by atoms with Crippen LogP contribution in [-0.2, 0) is 0 Å². The maximum atomic E-state index is 13.0. The molecule has 0 spiro atoms. The van der Waals surface area contributed by atoms with Gasteiger partial charge in [0.1, 0.15) is 5.82 Å². The maximum Gasteiger partial charge on any atom is 0.319 e. The first-order valence-electron chi connectivity index (χ1n) is 6.08. The Labute approximate surface area is 120 Å². The van der Waals surface area contributed by atoms with Crippen LogP contribution >= 0.6 is 15.9 Å². The SMILES string of the molecule is CC(C)C(O)CCNC(=O)Nc1cc(F)ccc1Br. The normalized spacial score (nSPS) is 12.3. The third-order valence-corrected chi connectivity index (χ3v) is 3.36. The second-order valence-electron chi connectivity index (χ2n) is 4.61. The Morgan fingerprint density at radius 2 is 2.16 bits per heavy atom. The van der Waals surface area contributed by atoms with E-state index in [1.807, 2.05) is 13.8 Å². The Balaban J connectivity index is 2.41. The zero-order valence-electron chi connectivity index (χ0n) is 10.9. The lowest BCUT2D eigenvalue weighted by molar-refractivity contribution is 0.117. The molecule has 4 nitrogen and oxygen atoms in total. The summed E-state index contributed by atoms with van der Waals surface area (Å²) in [4.78, 5) is 11.6. The van der Waals surface area contributed by atoms with E-state index in [0.717, 1.165) is 0 Å². The minimum atomic E-state index is -0.443. The number of rotatable bonds is 5. The van der Waals surface area contributed by atoms with Crippen molar-refractivity contribution in [3.8, 4) is 0 Å². The fraction of sp³-hybridized carbons (Fsp3) is 0.462. The van der Waals surface area contributed by atoms with Crippen LogP contribution in [-0.4, -0.2) is 23.8 Å². The highest BCUT2D eigenvalue weighted by Gasteiger charge is 2.10. The molecule has 3 N–H and O–H groups in total. The standard InChI is InChI=1S/C13H18BrFN2O2/c1-8(2)12(18)5-6-16-13(19)17-11-7-9(15)3-4-10(11)14/h3-4,7-8,12,18H,5-6H2,1-2H3,(H2,16,17,19). The molecule has 0 fully saturated rings. The number of hydrogen-bond acceptors (Lipinski definition) is 2. The van der Waals surface area contributed by atoms with Gasteiger partial charge in [-0.15, -0.1) is 0 Å². The fourth-order valence-electron chi connectivity index (χ4n) is 1.43. The van der Waals surface area contributed by atoms with Gasteiger partial charge in [-0.3, -0.25) is 0 Å². The van der Waals surface area contributed by atoms with Crippen LogP contribution in [0.5, 0.6) is 0 Å². The number of carbonyl (C=O) groups excluding carboxylic acids is 1. The van der Waals surface area contributed by atoms with E-state index in [9.17, 15) is 14.3 Å². The molecule has 2 amide bonds. The highest BCUT2D eigenvalue weighted by Crippen LogP contribution is 2.22. The largest absolute Gasteiger partial charge is 0.393 e. The number of anilines is 1. The zero-order chi connectivity index (χ0) is 14.4. The van der Waals surface area contributed by atoms with Gasteiger partial charge in [-0.05, 0) is 46.5 Å². The lowest BCUT2D eigenvalue weighted by Crippen LogP contribution is -2.32. The number of nitrogens with one attached hydrogen (secondary N) is 2. The summed E-state index contributed by atoms with van der Waals surface area (Å²) in [5.41, 5.74) is 0.363. The van der Waals surface area contributed by atoms with E-state index in [4.69, 9.17) is 0 Å². The average Bonchev–Trinajstić information content (AvgIpc) is 2.33. The van der Waals surface area contributed by atoms with E-state index in [0.29, 0.717) is 23.1 Å². The van der Waals surface area contributed by atoms with Crippen molar-refractivity contribution in [2.75, 3.05) is 11.9 Å². The molecule has 0 aromatic heterocycles. The molecule has 0 saturated carbocycles. The van der Waals surface area contributed by atoms with Crippen molar-refractivity contribution in [1.29, 1.82) is 0 Å². The minimum Gasteiger partial charge on any atom is -0.393 e. The topological polar surface area (TPSA) is 61.4 Å². The molecule has 6 heteroatoms. The van der Waals surface area contributed by atoms with Crippen LogP contribution in [0.4, 0.5) is 14.9 Å². The first kappa shape index (κ1) is 15.9. The van der Waals surface area contributed by atoms with E-state index in [1.165, 1.54) is 18.2 Å². The number of urea groups is 1. The number of aliphatic hydroxyl groups excluding tert-OH is 1. The number of hydrogen-bond donors (Lipinski definition) is 3. The molecular weight excluding hydrogens is 315 g/mol. The summed E-state index contributed by atoms with van der Waals surface area (Å²) in [6.07, 6.45) is 0.0382. The third kappa shape index (κ3) is 5.57. The number of benzene rings is 1. The quantitative estimate of drug-likeness (QED) is 0.775. The first-order chi connectivity index (χ1) is 8.90. The molecule has 0 aliphatic rings. The summed E-state index contributed by atoms with van der Waals surface area (Å²) >= 11 is 3.22. The average molecular weight is 333 g/mol. The van der Waals surface area contributed by atoms with E-state index in [-0.39, 0.29) is 5.92 Å². The van der Waals surface area contributed by atoms with Crippen LogP contribution in [0.15, 0.2) is 22.7 Å². The molecule has 0 bridgehead atoms. The van der Waals surface area contributed by atoms with Gasteiger partial charge in [0.2, 0.25) is 0 Å². The van der Waals surface area contributed by atoms with Crippen LogP contribution in [0.25, 0.3) is 0 Å². The molecule has 0 heterocycles. The highest BCUT2D eigenvalue weighted by molar-refractivity contribution is 9.10. The van der Waals surface area contributed by atoms with Crippen molar-refractivity contribution in [2.45, 2.75) is 26.4 Å². The number of aliphatic hydroxyl groups is 1. The van der Waals surface area contributed by atoms with Crippen molar-refractivity contribution >= 4 is 27.6 Å². The highest BCUT2D eigenvalue weighted by atomic mass is 79.9. The molecule has 1 rings (SSSR count). The predicted molar refractivity (Wildman–Crippen MR) is 76.6 cm³/mol. The van der Waals surface area contributed by atoms with E-state index >= 15 is 0 Å². The minimum absolute atomic E-state index is 0.155. The Bertz CT molecular complexity index is 441. The lowest BCUT2D eigenvalue weighted by atomic mass is 10.0. The Kier molecular flexibility index (Phi) is 6.24. The molecule has 0 saturated heterocycles. The Morgan fingerprint density at radius 3 is 2.79 bits per heavy atom. The predicted octanol–water partition coefficient (Wildman–Crippen LogP) is 3.12. The van der Waals surface area contributed by atoms with Gasteiger partial charge in [-0.25, -0.2) is 9.18 Å². The molecule has 1 atom stereocenters. The first-order valence-corrected chi connectivity index (χ1v) is 6.87. The van der Waals surface area contributed by atoms with E-state index in [2.05, 4.69) is 26.6 Å². The van der Waals surface area contributed by atoms with Gasteiger partial charge in [0.05, 0.1) is 11.8 Å². The van der Waals surface area contributed by atoms with Gasteiger partial charge in [0.25, 0.3) is 0 Å². The molecule has 0 radical (unpaired) electrons. The van der Waals surface area contributed by atoms with Crippen molar-refractivity contribution in [3.05, 3.63) is 28.5 Å². The van der Waals surface area contributed by atoms with Crippen LogP contribution in [0.3, 0.4) is 0 Å². The second kappa shape index (κ2) is 7.45. The van der Waals surface area contributed by atoms with Gasteiger partial charge in [-0.1, -0.05) is 13.8 Å². The van der Waals surface area contributed by atoms with Crippen molar-refractivity contribution in [1.82, 2.24) is 5.32 Å². The summed E-state index contributed by atoms with van der Waals surface area (Å²) in [6.45, 7) is 4.18. The molecule has 106 valence electrons. The maximum absolute atomic E-state index is 13.0. The summed E-state index contributed by atoms with van der Waals surface area (Å²) in [5, 5.41) is 14.7. The van der Waals surface area contributed by atoms with Crippen LogP contribution in [0, 0.1) is 11.7 Å². The molecule has 1 unspecified atom stereocenters. The monoisotopic (exact) mass is 332 g/mol. The van der Waals surface area contributed by atoms with Gasteiger partial charge in [0, 0.05) is 11.0 Å². The van der Waals surface area contributed by atoms with Crippen molar-refractivity contribution in [2.24, 2.45) is 5.92 Å². The Hall–Kier alpha value is -1.14. The summed E-state index contributed by atoms with van der Waals surface area (Å²) in [5.74, 6) is -0.268. The number of halogens is 2. The summed E-state index contributed by atoms with van der Waals surface area (Å²) < 4.78 is 13.6. The summed E-state index contributed by atoms with van der Waals surface area (Å²) in [6, 6.07) is 3.62. The number of amides is 2. The fourth-order valence-corrected chi connectivity index (χ4v) is 1.77. The van der Waals surface area contributed by atoms with E-state index < -0.39 is 18.0 Å². The van der Waals surface area contributed by atoms with E-state index in [1.54, 1.807) is 0 Å². The van der Waals surface area contributed by atoms with Gasteiger partial charge in [-0.2, -0.15) is 0 Å². The van der Waals surface area contributed by atoms with Crippen LogP contribution < -0.4 is 10.6 Å². The van der Waals surface area contributed by atoms with Crippen LogP contribution in [0.2, 0.25) is 0 Å². The third-order valence-electron chi connectivity index (χ3n) is 2.67. The molecule has 19 heavy (non-hydrogen) atoms. The van der Waals surface area contributed by atoms with Gasteiger partial charge >= 0.3 is 6.03 Å². The second-order valence-corrected chi connectivity index (χ2v) is 5.46. The van der Waals surface area contributed by atoms with Crippen molar-refractivity contribution < 1.29 is 14.3 Å². The molecule has 0 aliphatic heterocycles. The van der Waals surface area contributed by atoms with Gasteiger partial charge in [0.15, 0.2) is 0 Å². The summed E-state index contributed by atoms with van der Waals surface area (Å²) in [7, 11) is 0. The lowest BCUT2D eigenvalue weighted by Gasteiger charge is -2.15.